The highest BCUT2D eigenvalue weighted by Crippen LogP contribution is 2.22. The van der Waals surface area contributed by atoms with Gasteiger partial charge in [0.1, 0.15) is 0 Å². The normalized spacial score (nSPS) is 19.3. The summed E-state index contributed by atoms with van der Waals surface area (Å²) in [6.07, 6.45) is 1.22. The lowest BCUT2D eigenvalue weighted by Crippen LogP contribution is -2.25. The molecule has 100 valence electrons. The van der Waals surface area contributed by atoms with Gasteiger partial charge < -0.3 is 10.1 Å². The molecule has 2 rings (SSSR count). The Kier molecular flexibility index (Phi) is 5.54. The predicted octanol–water partition coefficient (Wildman–Crippen LogP) is 3.02. The van der Waals surface area contributed by atoms with E-state index in [0.717, 1.165) is 38.0 Å². The van der Waals surface area contributed by atoms with Gasteiger partial charge in [0.05, 0.1) is 6.61 Å². The molecule has 1 aromatic carbocycles. The van der Waals surface area contributed by atoms with Gasteiger partial charge in [-0.15, -0.1) is 11.8 Å². The number of hydrogen-bond acceptors (Lipinski definition) is 3. The fourth-order valence-electron chi connectivity index (χ4n) is 2.15. The van der Waals surface area contributed by atoms with Gasteiger partial charge in [-0.1, -0.05) is 17.7 Å². The van der Waals surface area contributed by atoms with E-state index in [0.29, 0.717) is 0 Å². The van der Waals surface area contributed by atoms with E-state index in [2.05, 4.69) is 37.4 Å². The Morgan fingerprint density at radius 1 is 1.39 bits per heavy atom. The zero-order valence-corrected chi connectivity index (χ0v) is 12.2. The van der Waals surface area contributed by atoms with Crippen LogP contribution in [-0.2, 0) is 4.74 Å². The molecule has 0 spiro atoms. The van der Waals surface area contributed by atoms with Gasteiger partial charge in [0, 0.05) is 30.3 Å². The third-order valence-electron chi connectivity index (χ3n) is 3.34. The van der Waals surface area contributed by atoms with Crippen molar-refractivity contribution in [1.82, 2.24) is 5.32 Å². The van der Waals surface area contributed by atoms with Gasteiger partial charge in [0.2, 0.25) is 0 Å². The molecule has 2 nitrogen and oxygen atoms in total. The SMILES string of the molecule is Cc1ccc(C)c(SCCNCC2CCOC2)c1. The molecular formula is C15H23NOS. The van der Waals surface area contributed by atoms with E-state index < -0.39 is 0 Å². The van der Waals surface area contributed by atoms with Crippen LogP contribution in [0.5, 0.6) is 0 Å². The molecule has 1 aliphatic heterocycles. The molecule has 1 aromatic rings. The summed E-state index contributed by atoms with van der Waals surface area (Å²) in [5.41, 5.74) is 2.73. The molecule has 1 atom stereocenters. The van der Waals surface area contributed by atoms with Crippen molar-refractivity contribution in [1.29, 1.82) is 0 Å². The number of nitrogens with one attached hydrogen (secondary N) is 1. The third kappa shape index (κ3) is 4.30. The Bertz CT molecular complexity index is 375. The van der Waals surface area contributed by atoms with Gasteiger partial charge in [-0.3, -0.25) is 0 Å². The Morgan fingerprint density at radius 2 is 2.28 bits per heavy atom. The summed E-state index contributed by atoms with van der Waals surface area (Å²) in [7, 11) is 0. The molecule has 1 N–H and O–H groups in total. The molecule has 0 aromatic heterocycles. The van der Waals surface area contributed by atoms with Crippen molar-refractivity contribution in [2.24, 2.45) is 5.92 Å². The quantitative estimate of drug-likeness (QED) is 0.631. The zero-order chi connectivity index (χ0) is 12.8. The number of thioether (sulfide) groups is 1. The number of ether oxygens (including phenoxy) is 1. The zero-order valence-electron chi connectivity index (χ0n) is 11.4. The van der Waals surface area contributed by atoms with Crippen LogP contribution < -0.4 is 5.32 Å². The number of rotatable bonds is 6. The maximum absolute atomic E-state index is 5.37. The largest absolute Gasteiger partial charge is 0.381 e. The topological polar surface area (TPSA) is 21.3 Å². The lowest BCUT2D eigenvalue weighted by molar-refractivity contribution is 0.185. The highest BCUT2D eigenvalue weighted by molar-refractivity contribution is 7.99. The van der Waals surface area contributed by atoms with Crippen molar-refractivity contribution >= 4 is 11.8 Å². The van der Waals surface area contributed by atoms with E-state index in [4.69, 9.17) is 4.74 Å². The Balaban J connectivity index is 1.64. The van der Waals surface area contributed by atoms with Gasteiger partial charge in [-0.2, -0.15) is 0 Å². The van der Waals surface area contributed by atoms with E-state index in [1.54, 1.807) is 0 Å². The average molecular weight is 265 g/mol. The molecule has 0 aliphatic carbocycles. The van der Waals surface area contributed by atoms with E-state index in [1.165, 1.54) is 22.4 Å². The average Bonchev–Trinajstić information content (AvgIpc) is 2.86. The van der Waals surface area contributed by atoms with Crippen molar-refractivity contribution < 1.29 is 4.74 Å². The van der Waals surface area contributed by atoms with Gasteiger partial charge >= 0.3 is 0 Å². The summed E-state index contributed by atoms with van der Waals surface area (Å²) in [5, 5.41) is 3.53. The van der Waals surface area contributed by atoms with E-state index >= 15 is 0 Å². The molecule has 1 heterocycles. The molecule has 1 saturated heterocycles. The summed E-state index contributed by atoms with van der Waals surface area (Å²) in [6, 6.07) is 6.67. The molecule has 3 heteroatoms. The van der Waals surface area contributed by atoms with Gasteiger partial charge in [-0.25, -0.2) is 0 Å². The molecule has 1 aliphatic rings. The van der Waals surface area contributed by atoms with E-state index in [9.17, 15) is 0 Å². The van der Waals surface area contributed by atoms with E-state index in [1.807, 2.05) is 11.8 Å². The monoisotopic (exact) mass is 265 g/mol. The molecular weight excluding hydrogens is 242 g/mol. The lowest BCUT2D eigenvalue weighted by atomic mass is 10.1. The van der Waals surface area contributed by atoms with Crippen molar-refractivity contribution in [3.05, 3.63) is 29.3 Å². The Morgan fingerprint density at radius 3 is 3.06 bits per heavy atom. The summed E-state index contributed by atoms with van der Waals surface area (Å²) >= 11 is 1.95. The van der Waals surface area contributed by atoms with E-state index in [-0.39, 0.29) is 0 Å². The first-order valence-corrected chi connectivity index (χ1v) is 7.73. The lowest BCUT2D eigenvalue weighted by Gasteiger charge is -2.10. The van der Waals surface area contributed by atoms with Crippen LogP contribution in [0.15, 0.2) is 23.1 Å². The van der Waals surface area contributed by atoms with Crippen LogP contribution in [0.1, 0.15) is 17.5 Å². The van der Waals surface area contributed by atoms with Crippen molar-refractivity contribution in [3.8, 4) is 0 Å². The predicted molar refractivity (Wildman–Crippen MR) is 78.4 cm³/mol. The van der Waals surface area contributed by atoms with Crippen LogP contribution in [0, 0.1) is 19.8 Å². The number of benzene rings is 1. The third-order valence-corrected chi connectivity index (χ3v) is 4.50. The van der Waals surface area contributed by atoms with Crippen LogP contribution in [0.3, 0.4) is 0 Å². The summed E-state index contributed by atoms with van der Waals surface area (Å²) in [5.74, 6) is 1.87. The van der Waals surface area contributed by atoms with Crippen LogP contribution >= 0.6 is 11.8 Å². The van der Waals surface area contributed by atoms with Crippen LogP contribution in [-0.4, -0.2) is 32.1 Å². The molecule has 0 amide bonds. The summed E-state index contributed by atoms with van der Waals surface area (Å²) in [6.45, 7) is 8.41. The molecule has 0 bridgehead atoms. The maximum Gasteiger partial charge on any atom is 0.0507 e. The minimum absolute atomic E-state index is 0.732. The second-order valence-corrected chi connectivity index (χ2v) is 6.19. The number of hydrogen-bond donors (Lipinski definition) is 1. The minimum Gasteiger partial charge on any atom is -0.381 e. The van der Waals surface area contributed by atoms with Crippen LogP contribution in [0.25, 0.3) is 0 Å². The molecule has 0 radical (unpaired) electrons. The summed E-state index contributed by atoms with van der Waals surface area (Å²) in [4.78, 5) is 1.42. The van der Waals surface area contributed by atoms with Gasteiger partial charge in [-0.05, 0) is 37.8 Å². The number of aryl methyl sites for hydroxylation is 2. The highest BCUT2D eigenvalue weighted by atomic mass is 32.2. The first-order valence-electron chi connectivity index (χ1n) is 6.74. The highest BCUT2D eigenvalue weighted by Gasteiger charge is 2.14. The van der Waals surface area contributed by atoms with Crippen molar-refractivity contribution in [2.45, 2.75) is 25.2 Å². The molecule has 1 unspecified atom stereocenters. The van der Waals surface area contributed by atoms with Crippen molar-refractivity contribution in [3.63, 3.8) is 0 Å². The summed E-state index contributed by atoms with van der Waals surface area (Å²) < 4.78 is 5.37. The molecule has 1 fully saturated rings. The second-order valence-electron chi connectivity index (χ2n) is 5.05. The maximum atomic E-state index is 5.37. The first kappa shape index (κ1) is 13.9. The van der Waals surface area contributed by atoms with Crippen LogP contribution in [0.2, 0.25) is 0 Å². The van der Waals surface area contributed by atoms with Crippen molar-refractivity contribution in [2.75, 3.05) is 32.1 Å². The van der Waals surface area contributed by atoms with Gasteiger partial charge in [0.15, 0.2) is 0 Å². The molecule has 18 heavy (non-hydrogen) atoms. The smallest absolute Gasteiger partial charge is 0.0507 e. The van der Waals surface area contributed by atoms with Crippen LogP contribution in [0.4, 0.5) is 0 Å². The Labute approximate surface area is 114 Å². The Hall–Kier alpha value is -0.510. The minimum atomic E-state index is 0.732. The molecule has 0 saturated carbocycles. The fraction of sp³-hybridized carbons (Fsp3) is 0.600. The van der Waals surface area contributed by atoms with Gasteiger partial charge in [0.25, 0.3) is 0 Å². The standard InChI is InChI=1S/C15H23NOS/c1-12-3-4-13(2)15(9-12)18-8-6-16-10-14-5-7-17-11-14/h3-4,9,14,16H,5-8,10-11H2,1-2H3. The first-order chi connectivity index (χ1) is 8.75. The second kappa shape index (κ2) is 7.17. The fourth-order valence-corrected chi connectivity index (χ4v) is 3.18.